The van der Waals surface area contributed by atoms with E-state index in [1.54, 1.807) is 54.6 Å². The van der Waals surface area contributed by atoms with Crippen molar-refractivity contribution in [3.8, 4) is 11.5 Å². The summed E-state index contributed by atoms with van der Waals surface area (Å²) in [4.78, 5) is 37.3. The molecule has 0 bridgehead atoms. The number of nitrogens with one attached hydrogen (secondary N) is 2. The number of aryl methyl sites for hydroxylation is 1. The zero-order valence-corrected chi connectivity index (χ0v) is 20.0. The third-order valence-corrected chi connectivity index (χ3v) is 5.90. The number of rotatable bonds is 8. The molecule has 1 aliphatic carbocycles. The lowest BCUT2D eigenvalue weighted by Crippen LogP contribution is -2.21. The Morgan fingerprint density at radius 2 is 1.57 bits per heavy atom. The van der Waals surface area contributed by atoms with E-state index < -0.39 is 0 Å². The second kappa shape index (κ2) is 10.4. The molecule has 0 radical (unpaired) electrons. The second-order valence-electron chi connectivity index (χ2n) is 8.52. The third-order valence-electron chi connectivity index (χ3n) is 5.90. The monoisotopic (exact) mass is 472 g/mol. The second-order valence-corrected chi connectivity index (χ2v) is 8.52. The highest BCUT2D eigenvalue weighted by Crippen LogP contribution is 2.40. The van der Waals surface area contributed by atoms with Crippen molar-refractivity contribution in [2.24, 2.45) is 0 Å². The largest absolute Gasteiger partial charge is 0.494 e. The van der Waals surface area contributed by atoms with Crippen LogP contribution in [-0.2, 0) is 4.79 Å². The number of ketones is 1. The average Bonchev–Trinajstić information content (AvgIpc) is 3.15. The summed E-state index contributed by atoms with van der Waals surface area (Å²) in [5.41, 5.74) is 4.30. The number of carbonyl (C=O) groups excluding carboxylic acids is 3. The van der Waals surface area contributed by atoms with Gasteiger partial charge in [-0.1, -0.05) is 13.0 Å². The number of carbonyl (C=O) groups is 3. The fraction of sp³-hybridized carbons (Fsp3) is 0.250. The van der Waals surface area contributed by atoms with E-state index in [0.717, 1.165) is 16.9 Å². The van der Waals surface area contributed by atoms with Crippen molar-refractivity contribution in [3.05, 3.63) is 82.9 Å². The molecule has 0 aliphatic heterocycles. The Morgan fingerprint density at radius 1 is 0.914 bits per heavy atom. The van der Waals surface area contributed by atoms with Gasteiger partial charge < -0.3 is 20.1 Å². The van der Waals surface area contributed by atoms with Gasteiger partial charge >= 0.3 is 0 Å². The van der Waals surface area contributed by atoms with E-state index in [1.165, 1.54) is 0 Å². The van der Waals surface area contributed by atoms with E-state index in [0.29, 0.717) is 41.3 Å². The van der Waals surface area contributed by atoms with Gasteiger partial charge in [0.25, 0.3) is 11.8 Å². The van der Waals surface area contributed by atoms with Gasteiger partial charge in [-0.2, -0.15) is 0 Å². The highest BCUT2D eigenvalue weighted by Gasteiger charge is 2.31. The highest BCUT2D eigenvalue weighted by molar-refractivity contribution is 6.05. The number of fused-ring (bicyclic) bond motifs is 1. The summed E-state index contributed by atoms with van der Waals surface area (Å²) in [6.45, 7) is 6.26. The Kier molecular flexibility index (Phi) is 7.15. The normalized spacial score (nSPS) is 14.3. The van der Waals surface area contributed by atoms with Crippen LogP contribution in [-0.4, -0.2) is 30.8 Å². The smallest absolute Gasteiger partial charge is 0.262 e. The van der Waals surface area contributed by atoms with Gasteiger partial charge in [0, 0.05) is 23.4 Å². The van der Waals surface area contributed by atoms with Crippen LogP contribution in [0.3, 0.4) is 0 Å². The average molecular weight is 473 g/mol. The number of anilines is 2. The lowest BCUT2D eigenvalue weighted by Gasteiger charge is -2.13. The van der Waals surface area contributed by atoms with Crippen LogP contribution >= 0.6 is 0 Å². The summed E-state index contributed by atoms with van der Waals surface area (Å²) in [6, 6.07) is 17.4. The van der Waals surface area contributed by atoms with E-state index in [9.17, 15) is 14.4 Å². The summed E-state index contributed by atoms with van der Waals surface area (Å²) in [5, 5.41) is 5.58. The molecule has 2 amide bonds. The summed E-state index contributed by atoms with van der Waals surface area (Å²) in [7, 11) is 0. The van der Waals surface area contributed by atoms with Gasteiger partial charge in [0.2, 0.25) is 0 Å². The molecular formula is C28H28N2O5. The molecule has 1 unspecified atom stereocenters. The van der Waals surface area contributed by atoms with Crippen LogP contribution in [0.2, 0.25) is 0 Å². The van der Waals surface area contributed by atoms with Crippen molar-refractivity contribution in [2.45, 2.75) is 33.1 Å². The number of amides is 2. The predicted octanol–water partition coefficient (Wildman–Crippen LogP) is 5.35. The molecule has 2 N–H and O–H groups in total. The van der Waals surface area contributed by atoms with Crippen molar-refractivity contribution < 1.29 is 23.9 Å². The summed E-state index contributed by atoms with van der Waals surface area (Å²) in [6.07, 6.45) is 0.460. The maximum Gasteiger partial charge on any atom is 0.262 e. The molecule has 7 heteroatoms. The summed E-state index contributed by atoms with van der Waals surface area (Å²) < 4.78 is 11.1. The zero-order valence-electron chi connectivity index (χ0n) is 20.0. The minimum Gasteiger partial charge on any atom is -0.494 e. The van der Waals surface area contributed by atoms with Crippen LogP contribution in [0.15, 0.2) is 60.7 Å². The minimum absolute atomic E-state index is 0.0470. The SMILES string of the molecule is CCOc1ccc(NC(=O)c2ccc(NC(=O)COc3ccc(C)c4c3C(=O)CC4C)cc2)cc1. The summed E-state index contributed by atoms with van der Waals surface area (Å²) in [5.74, 6) is 0.761. The van der Waals surface area contributed by atoms with Crippen LogP contribution in [0.25, 0.3) is 0 Å². The molecule has 35 heavy (non-hydrogen) atoms. The molecule has 0 fully saturated rings. The molecule has 0 saturated carbocycles. The molecule has 4 rings (SSSR count). The van der Waals surface area contributed by atoms with Crippen molar-refractivity contribution in [1.82, 2.24) is 0 Å². The Morgan fingerprint density at radius 3 is 2.26 bits per heavy atom. The van der Waals surface area contributed by atoms with Gasteiger partial charge in [-0.3, -0.25) is 14.4 Å². The van der Waals surface area contributed by atoms with Gasteiger partial charge in [0.1, 0.15) is 11.5 Å². The maximum absolute atomic E-state index is 12.5. The lowest BCUT2D eigenvalue weighted by atomic mass is 9.97. The van der Waals surface area contributed by atoms with Crippen LogP contribution in [0, 0.1) is 6.92 Å². The fourth-order valence-electron chi connectivity index (χ4n) is 4.28. The number of benzene rings is 3. The molecule has 7 nitrogen and oxygen atoms in total. The number of hydrogen-bond donors (Lipinski definition) is 2. The van der Waals surface area contributed by atoms with Gasteiger partial charge in [-0.25, -0.2) is 0 Å². The zero-order chi connectivity index (χ0) is 24.9. The Hall–Kier alpha value is -4.13. The van der Waals surface area contributed by atoms with E-state index >= 15 is 0 Å². The number of Topliss-reactive ketones (excluding diaryl/α,β-unsaturated/α-hetero) is 1. The first-order valence-electron chi connectivity index (χ1n) is 11.6. The Balaban J connectivity index is 1.32. The summed E-state index contributed by atoms with van der Waals surface area (Å²) >= 11 is 0. The van der Waals surface area contributed by atoms with Crippen LogP contribution < -0.4 is 20.1 Å². The Labute approximate surface area is 204 Å². The van der Waals surface area contributed by atoms with Crippen molar-refractivity contribution in [3.63, 3.8) is 0 Å². The maximum atomic E-state index is 12.5. The topological polar surface area (TPSA) is 93.7 Å². The van der Waals surface area contributed by atoms with Gasteiger partial charge in [-0.05, 0) is 85.5 Å². The lowest BCUT2D eigenvalue weighted by molar-refractivity contribution is -0.118. The van der Waals surface area contributed by atoms with E-state index in [-0.39, 0.29) is 30.1 Å². The molecule has 0 aromatic heterocycles. The first kappa shape index (κ1) is 24.0. The molecule has 180 valence electrons. The molecular weight excluding hydrogens is 444 g/mol. The number of hydrogen-bond acceptors (Lipinski definition) is 5. The first-order chi connectivity index (χ1) is 16.9. The standard InChI is InChI=1S/C28H28N2O5/c1-4-34-22-12-10-21(11-13-22)30-28(33)19-6-8-20(9-7-19)29-25(32)16-35-24-14-5-17(2)26-18(3)15-23(31)27(24)26/h5-14,18H,4,15-16H2,1-3H3,(H,29,32)(H,30,33). The highest BCUT2D eigenvalue weighted by atomic mass is 16.5. The van der Waals surface area contributed by atoms with Gasteiger partial charge in [0.15, 0.2) is 12.4 Å². The molecule has 0 saturated heterocycles. The molecule has 0 heterocycles. The first-order valence-corrected chi connectivity index (χ1v) is 11.6. The van der Waals surface area contributed by atoms with Gasteiger partial charge in [-0.15, -0.1) is 0 Å². The van der Waals surface area contributed by atoms with Crippen LogP contribution in [0.5, 0.6) is 11.5 Å². The molecule has 3 aromatic rings. The minimum atomic E-state index is -0.357. The number of ether oxygens (including phenoxy) is 2. The molecule has 3 aromatic carbocycles. The van der Waals surface area contributed by atoms with E-state index in [4.69, 9.17) is 9.47 Å². The molecule has 1 aliphatic rings. The molecule has 1 atom stereocenters. The van der Waals surface area contributed by atoms with Crippen LogP contribution in [0.1, 0.15) is 58.0 Å². The predicted molar refractivity (Wildman–Crippen MR) is 135 cm³/mol. The third kappa shape index (κ3) is 5.51. The molecule has 0 spiro atoms. The Bertz CT molecular complexity index is 1250. The van der Waals surface area contributed by atoms with Crippen molar-refractivity contribution in [2.75, 3.05) is 23.8 Å². The van der Waals surface area contributed by atoms with Crippen molar-refractivity contribution >= 4 is 29.0 Å². The van der Waals surface area contributed by atoms with Crippen molar-refractivity contribution in [1.29, 1.82) is 0 Å². The quantitative estimate of drug-likeness (QED) is 0.461. The van der Waals surface area contributed by atoms with Gasteiger partial charge in [0.05, 0.1) is 12.2 Å². The van der Waals surface area contributed by atoms with Crippen LogP contribution in [0.4, 0.5) is 11.4 Å². The van der Waals surface area contributed by atoms with E-state index in [1.807, 2.05) is 26.8 Å². The fourth-order valence-corrected chi connectivity index (χ4v) is 4.28. The van der Waals surface area contributed by atoms with E-state index in [2.05, 4.69) is 10.6 Å².